The van der Waals surface area contributed by atoms with Crippen molar-refractivity contribution in [2.24, 2.45) is 0 Å². The van der Waals surface area contributed by atoms with Gasteiger partial charge in [-0.25, -0.2) is 4.84 Å². The van der Waals surface area contributed by atoms with Gasteiger partial charge in [-0.1, -0.05) is 18.2 Å². The minimum absolute atomic E-state index is 0.486. The summed E-state index contributed by atoms with van der Waals surface area (Å²) in [5.41, 5.74) is 1.06. The van der Waals surface area contributed by atoms with Crippen LogP contribution in [0.1, 0.15) is 11.9 Å². The topological polar surface area (TPSA) is 52.9 Å². The molecule has 1 aliphatic rings. The molecule has 0 fully saturated rings. The van der Waals surface area contributed by atoms with E-state index >= 15 is 0 Å². The molecule has 1 atom stereocenters. The van der Waals surface area contributed by atoms with Gasteiger partial charge in [-0.05, 0) is 6.07 Å². The predicted molar refractivity (Wildman–Crippen MR) is 36.8 cm³/mol. The second-order valence-electron chi connectivity index (χ2n) is 2.29. The quantitative estimate of drug-likeness (QED) is 0.579. The Morgan fingerprint density at radius 2 is 2.09 bits per heavy atom. The van der Waals surface area contributed by atoms with E-state index < -0.39 is 6.29 Å². The van der Waals surface area contributed by atoms with Gasteiger partial charge in [-0.15, -0.1) is 5.23 Å². The zero-order valence-corrected chi connectivity index (χ0v) is 5.64. The molecule has 1 aromatic carbocycles. The summed E-state index contributed by atoms with van der Waals surface area (Å²) in [6, 6.07) is 6.87. The van der Waals surface area contributed by atoms with Crippen LogP contribution in [0.3, 0.4) is 0 Å². The van der Waals surface area contributed by atoms with Gasteiger partial charge in [0.25, 0.3) is 0 Å². The van der Waals surface area contributed by atoms with Crippen molar-refractivity contribution < 1.29 is 15.2 Å². The van der Waals surface area contributed by atoms with Gasteiger partial charge >= 0.3 is 0 Å². The normalized spacial score (nSPS) is 22.0. The molecule has 2 N–H and O–H groups in total. The van der Waals surface area contributed by atoms with Gasteiger partial charge in [0.15, 0.2) is 0 Å². The molecule has 4 heteroatoms. The first-order chi connectivity index (χ1) is 5.29. The number of rotatable bonds is 0. The molecule has 0 saturated carbocycles. The number of aliphatic hydroxyl groups is 1. The minimum Gasteiger partial charge on any atom is -0.362 e. The van der Waals surface area contributed by atoms with Crippen LogP contribution in [0.25, 0.3) is 0 Å². The lowest BCUT2D eigenvalue weighted by Crippen LogP contribution is -2.12. The van der Waals surface area contributed by atoms with Crippen molar-refractivity contribution in [1.82, 2.24) is 0 Å². The maximum Gasteiger partial charge on any atom is 0.212 e. The van der Waals surface area contributed by atoms with Crippen molar-refractivity contribution in [3.63, 3.8) is 0 Å². The summed E-state index contributed by atoms with van der Waals surface area (Å²) in [5, 5.41) is 18.7. The summed E-state index contributed by atoms with van der Waals surface area (Å²) in [7, 11) is 0. The smallest absolute Gasteiger partial charge is 0.212 e. The first-order valence-electron chi connectivity index (χ1n) is 3.22. The Balaban J connectivity index is 2.52. The standard InChI is InChI=1S/C7H7NO3/c9-7-5-3-1-2-4-6(5)8(10)11-7/h1-4,7,9-10H. The predicted octanol–water partition coefficient (Wildman–Crippen LogP) is 0.818. The Hall–Kier alpha value is -1.10. The van der Waals surface area contributed by atoms with Crippen LogP contribution >= 0.6 is 0 Å². The van der Waals surface area contributed by atoms with E-state index in [0.717, 1.165) is 0 Å². The molecule has 0 aliphatic carbocycles. The summed E-state index contributed by atoms with van der Waals surface area (Å²) in [6.45, 7) is 0. The van der Waals surface area contributed by atoms with Crippen LogP contribution in [0, 0.1) is 0 Å². The zero-order chi connectivity index (χ0) is 7.84. The van der Waals surface area contributed by atoms with E-state index in [2.05, 4.69) is 4.84 Å². The summed E-state index contributed by atoms with van der Waals surface area (Å²) in [6.07, 6.45) is -1.05. The van der Waals surface area contributed by atoms with Crippen LogP contribution in [-0.4, -0.2) is 10.3 Å². The van der Waals surface area contributed by atoms with Crippen LogP contribution < -0.4 is 5.23 Å². The van der Waals surface area contributed by atoms with Crippen LogP contribution in [0.4, 0.5) is 5.69 Å². The summed E-state index contributed by atoms with van der Waals surface area (Å²) in [4.78, 5) is 4.58. The number of anilines is 1. The number of aliphatic hydroxyl groups excluding tert-OH is 1. The molecule has 0 amide bonds. The highest BCUT2D eigenvalue weighted by Gasteiger charge is 2.26. The molecular formula is C7H7NO3. The Morgan fingerprint density at radius 3 is 2.82 bits per heavy atom. The van der Waals surface area contributed by atoms with Gasteiger partial charge in [0.05, 0.1) is 0 Å². The molecule has 0 radical (unpaired) electrons. The molecule has 0 saturated heterocycles. The van der Waals surface area contributed by atoms with Gasteiger partial charge in [0, 0.05) is 5.56 Å². The van der Waals surface area contributed by atoms with E-state index in [1.54, 1.807) is 24.3 Å². The maximum atomic E-state index is 9.13. The fourth-order valence-electron chi connectivity index (χ4n) is 1.08. The molecule has 4 nitrogen and oxygen atoms in total. The van der Waals surface area contributed by atoms with Crippen molar-refractivity contribution >= 4 is 5.69 Å². The maximum absolute atomic E-state index is 9.13. The van der Waals surface area contributed by atoms with E-state index in [9.17, 15) is 0 Å². The highest BCUT2D eigenvalue weighted by atomic mass is 16.9. The summed E-state index contributed by atoms with van der Waals surface area (Å²) in [5.74, 6) is 0. The van der Waals surface area contributed by atoms with Crippen molar-refractivity contribution in [1.29, 1.82) is 0 Å². The average Bonchev–Trinajstić information content (AvgIpc) is 2.30. The molecular weight excluding hydrogens is 146 g/mol. The number of nitrogens with zero attached hydrogens (tertiary/aromatic N) is 1. The van der Waals surface area contributed by atoms with Crippen molar-refractivity contribution in [3.05, 3.63) is 29.8 Å². The zero-order valence-electron chi connectivity index (χ0n) is 5.64. The molecule has 1 aliphatic heterocycles. The molecule has 2 rings (SSSR count). The highest BCUT2D eigenvalue weighted by molar-refractivity contribution is 5.52. The molecule has 1 heterocycles. The number of hydrogen-bond acceptors (Lipinski definition) is 4. The SMILES string of the molecule is OC1ON(O)c2ccccc21. The third-order valence-electron chi connectivity index (χ3n) is 1.61. The van der Waals surface area contributed by atoms with Crippen molar-refractivity contribution in [3.8, 4) is 0 Å². The van der Waals surface area contributed by atoms with Gasteiger partial charge in [-0.3, -0.25) is 5.21 Å². The number of fused-ring (bicyclic) bond motifs is 1. The van der Waals surface area contributed by atoms with E-state index in [1.807, 2.05) is 0 Å². The van der Waals surface area contributed by atoms with Crippen LogP contribution in [0.15, 0.2) is 24.3 Å². The second-order valence-corrected chi connectivity index (χ2v) is 2.29. The largest absolute Gasteiger partial charge is 0.362 e. The second kappa shape index (κ2) is 2.20. The third kappa shape index (κ3) is 0.883. The molecule has 58 valence electrons. The number of para-hydroxylation sites is 1. The van der Waals surface area contributed by atoms with Crippen molar-refractivity contribution in [2.75, 3.05) is 5.23 Å². The Kier molecular flexibility index (Phi) is 1.32. The van der Waals surface area contributed by atoms with E-state index in [0.29, 0.717) is 16.5 Å². The monoisotopic (exact) mass is 153 g/mol. The van der Waals surface area contributed by atoms with Crippen molar-refractivity contribution in [2.45, 2.75) is 6.29 Å². The van der Waals surface area contributed by atoms with Gasteiger partial charge in [0.2, 0.25) is 6.29 Å². The lowest BCUT2D eigenvalue weighted by molar-refractivity contribution is -0.157. The Morgan fingerprint density at radius 1 is 1.36 bits per heavy atom. The molecule has 0 spiro atoms. The molecule has 0 bridgehead atoms. The molecule has 0 aromatic heterocycles. The van der Waals surface area contributed by atoms with E-state index in [-0.39, 0.29) is 0 Å². The Labute approximate surface area is 63.2 Å². The van der Waals surface area contributed by atoms with Gasteiger partial charge in [-0.2, -0.15) is 0 Å². The molecule has 1 aromatic rings. The summed E-state index contributed by atoms with van der Waals surface area (Å²) < 4.78 is 0. The fraction of sp³-hybridized carbons (Fsp3) is 0.143. The Bertz CT molecular complexity index is 249. The minimum atomic E-state index is -1.05. The first-order valence-corrected chi connectivity index (χ1v) is 3.22. The fourth-order valence-corrected chi connectivity index (χ4v) is 1.08. The first kappa shape index (κ1) is 6.60. The van der Waals surface area contributed by atoms with Gasteiger partial charge < -0.3 is 5.11 Å². The van der Waals surface area contributed by atoms with Gasteiger partial charge in [0.1, 0.15) is 5.69 Å². The average molecular weight is 153 g/mol. The van der Waals surface area contributed by atoms with E-state index in [4.69, 9.17) is 10.3 Å². The number of hydrogen-bond donors (Lipinski definition) is 2. The highest BCUT2D eigenvalue weighted by Crippen LogP contribution is 2.33. The van der Waals surface area contributed by atoms with Crippen LogP contribution in [-0.2, 0) is 4.84 Å². The summed E-state index contributed by atoms with van der Waals surface area (Å²) >= 11 is 0. The lowest BCUT2D eigenvalue weighted by Gasteiger charge is -2.06. The molecule has 11 heavy (non-hydrogen) atoms. The van der Waals surface area contributed by atoms with E-state index in [1.165, 1.54) is 0 Å². The number of benzene rings is 1. The van der Waals surface area contributed by atoms with Crippen LogP contribution in [0.2, 0.25) is 0 Å². The van der Waals surface area contributed by atoms with Crippen LogP contribution in [0.5, 0.6) is 0 Å². The molecule has 1 unspecified atom stereocenters. The third-order valence-corrected chi connectivity index (χ3v) is 1.61. The lowest BCUT2D eigenvalue weighted by atomic mass is 10.2.